The quantitative estimate of drug-likeness (QED) is 0.686. The minimum Gasteiger partial charge on any atom is -0.347 e. The fourth-order valence-corrected chi connectivity index (χ4v) is 2.81. The number of hydrogen-bond acceptors (Lipinski definition) is 6. The maximum absolute atomic E-state index is 12.5. The van der Waals surface area contributed by atoms with E-state index in [1.54, 1.807) is 4.90 Å². The van der Waals surface area contributed by atoms with E-state index < -0.39 is 0 Å². The van der Waals surface area contributed by atoms with Crippen LogP contribution in [0.3, 0.4) is 0 Å². The number of anilines is 1. The molecule has 1 aliphatic rings. The molecule has 0 unspecified atom stereocenters. The second kappa shape index (κ2) is 6.15. The molecule has 10 nitrogen and oxygen atoms in total. The Morgan fingerprint density at radius 1 is 1.28 bits per heavy atom. The summed E-state index contributed by atoms with van der Waals surface area (Å²) in [5.41, 5.74) is 1.12. The average Bonchev–Trinajstić information content (AvgIpc) is 3.35. The number of nitrogens with one attached hydrogen (secondary N) is 2. The SMILES string of the molecule is O=C(N[C@@H]1CC(=O)N(c2ccccc2)C1)c1cn[nH]c1-n1cnnn1. The first-order valence-corrected chi connectivity index (χ1v) is 7.65. The highest BCUT2D eigenvalue weighted by Crippen LogP contribution is 2.21. The Morgan fingerprint density at radius 2 is 2.12 bits per heavy atom. The molecule has 126 valence electrons. The molecule has 1 aromatic carbocycles. The van der Waals surface area contributed by atoms with Crippen molar-refractivity contribution in [1.82, 2.24) is 35.7 Å². The highest BCUT2D eigenvalue weighted by atomic mass is 16.2. The van der Waals surface area contributed by atoms with Crippen molar-refractivity contribution in [1.29, 1.82) is 0 Å². The highest BCUT2D eigenvalue weighted by Gasteiger charge is 2.32. The molecule has 0 bridgehead atoms. The molecule has 1 aliphatic heterocycles. The Bertz CT molecular complexity index is 889. The van der Waals surface area contributed by atoms with E-state index in [9.17, 15) is 9.59 Å². The summed E-state index contributed by atoms with van der Waals surface area (Å²) in [7, 11) is 0. The lowest BCUT2D eigenvalue weighted by Gasteiger charge is -2.17. The minimum absolute atomic E-state index is 0.0237. The van der Waals surface area contributed by atoms with Gasteiger partial charge in [0.1, 0.15) is 11.9 Å². The van der Waals surface area contributed by atoms with E-state index in [2.05, 4.69) is 31.0 Å². The van der Waals surface area contributed by atoms with Gasteiger partial charge in [-0.3, -0.25) is 14.7 Å². The van der Waals surface area contributed by atoms with Crippen LogP contribution in [0.5, 0.6) is 0 Å². The van der Waals surface area contributed by atoms with Crippen LogP contribution < -0.4 is 10.2 Å². The van der Waals surface area contributed by atoms with Crippen molar-refractivity contribution >= 4 is 17.5 Å². The van der Waals surface area contributed by atoms with E-state index in [-0.39, 0.29) is 24.3 Å². The zero-order valence-corrected chi connectivity index (χ0v) is 13.0. The van der Waals surface area contributed by atoms with Crippen LogP contribution in [0.25, 0.3) is 5.82 Å². The summed E-state index contributed by atoms with van der Waals surface area (Å²) in [5.74, 6) is 0.00286. The van der Waals surface area contributed by atoms with Gasteiger partial charge in [-0.05, 0) is 22.6 Å². The van der Waals surface area contributed by atoms with Gasteiger partial charge in [0.2, 0.25) is 5.91 Å². The maximum atomic E-state index is 12.5. The summed E-state index contributed by atoms with van der Waals surface area (Å²) in [6.07, 6.45) is 3.01. The molecule has 0 saturated carbocycles. The zero-order chi connectivity index (χ0) is 17.2. The molecular weight excluding hydrogens is 324 g/mol. The second-order valence-corrected chi connectivity index (χ2v) is 5.60. The number of H-pyrrole nitrogens is 1. The smallest absolute Gasteiger partial charge is 0.257 e. The molecule has 2 N–H and O–H groups in total. The Labute approximate surface area is 141 Å². The molecule has 1 fully saturated rings. The van der Waals surface area contributed by atoms with Gasteiger partial charge in [0, 0.05) is 18.7 Å². The number of hydrogen-bond donors (Lipinski definition) is 2. The minimum atomic E-state index is -0.341. The number of aromatic nitrogens is 6. The topological polar surface area (TPSA) is 122 Å². The number of aromatic amines is 1. The third-order valence-electron chi connectivity index (χ3n) is 3.97. The fraction of sp³-hybridized carbons (Fsp3) is 0.200. The molecule has 1 atom stereocenters. The van der Waals surface area contributed by atoms with Crippen LogP contribution in [-0.4, -0.2) is 54.8 Å². The number of rotatable bonds is 4. The van der Waals surface area contributed by atoms with Crippen LogP contribution in [0.2, 0.25) is 0 Å². The van der Waals surface area contributed by atoms with Gasteiger partial charge in [0.05, 0.1) is 12.2 Å². The Balaban J connectivity index is 1.48. The van der Waals surface area contributed by atoms with Crippen molar-refractivity contribution in [2.75, 3.05) is 11.4 Å². The average molecular weight is 338 g/mol. The number of carbonyl (C=O) groups is 2. The molecule has 0 spiro atoms. The van der Waals surface area contributed by atoms with Crippen molar-refractivity contribution in [3.05, 3.63) is 48.4 Å². The molecule has 25 heavy (non-hydrogen) atoms. The molecule has 2 aromatic heterocycles. The second-order valence-electron chi connectivity index (χ2n) is 5.60. The predicted molar refractivity (Wildman–Crippen MR) is 86.0 cm³/mol. The van der Waals surface area contributed by atoms with Crippen LogP contribution >= 0.6 is 0 Å². The monoisotopic (exact) mass is 338 g/mol. The van der Waals surface area contributed by atoms with Gasteiger partial charge in [-0.15, -0.1) is 5.10 Å². The summed E-state index contributed by atoms with van der Waals surface area (Å²) >= 11 is 0. The van der Waals surface area contributed by atoms with Gasteiger partial charge in [0.15, 0.2) is 5.82 Å². The van der Waals surface area contributed by atoms with Crippen molar-refractivity contribution in [2.45, 2.75) is 12.5 Å². The third-order valence-corrected chi connectivity index (χ3v) is 3.97. The van der Waals surface area contributed by atoms with Crippen molar-refractivity contribution in [2.24, 2.45) is 0 Å². The number of para-hydroxylation sites is 1. The van der Waals surface area contributed by atoms with Crippen LogP contribution in [0, 0.1) is 0 Å². The first kappa shape index (κ1) is 15.0. The summed E-state index contributed by atoms with van der Waals surface area (Å²) in [6.45, 7) is 0.423. The first-order valence-electron chi connectivity index (χ1n) is 7.65. The van der Waals surface area contributed by atoms with E-state index >= 15 is 0 Å². The first-order chi connectivity index (χ1) is 12.2. The molecule has 3 heterocycles. The van der Waals surface area contributed by atoms with E-state index in [4.69, 9.17) is 0 Å². The molecular formula is C15H14N8O2. The Kier molecular flexibility index (Phi) is 3.69. The zero-order valence-electron chi connectivity index (χ0n) is 13.0. The summed E-state index contributed by atoms with van der Waals surface area (Å²) < 4.78 is 1.32. The van der Waals surface area contributed by atoms with Gasteiger partial charge < -0.3 is 10.2 Å². The number of nitrogens with zero attached hydrogens (tertiary/aromatic N) is 6. The molecule has 0 radical (unpaired) electrons. The van der Waals surface area contributed by atoms with Crippen LogP contribution in [0.1, 0.15) is 16.8 Å². The third kappa shape index (κ3) is 2.84. The van der Waals surface area contributed by atoms with E-state index in [1.807, 2.05) is 30.3 Å². The molecule has 0 aliphatic carbocycles. The standard InChI is InChI=1S/C15H14N8O2/c24-13-6-10(8-22(13)11-4-2-1-3-5-11)18-15(25)12-7-16-19-14(12)23-9-17-20-21-23/h1-5,7,9-10H,6,8H2,(H,16,19)(H,18,25)/t10-/m1/s1. The number of tetrazole rings is 1. The van der Waals surface area contributed by atoms with Gasteiger partial charge in [-0.25, -0.2) is 0 Å². The summed E-state index contributed by atoms with van der Waals surface area (Å²) in [4.78, 5) is 26.4. The molecule has 10 heteroatoms. The van der Waals surface area contributed by atoms with Gasteiger partial charge in [-0.1, -0.05) is 18.2 Å². The Morgan fingerprint density at radius 3 is 2.88 bits per heavy atom. The Hall–Kier alpha value is -3.56. The van der Waals surface area contributed by atoms with Gasteiger partial charge in [0.25, 0.3) is 5.91 Å². The van der Waals surface area contributed by atoms with Crippen molar-refractivity contribution in [3.63, 3.8) is 0 Å². The largest absolute Gasteiger partial charge is 0.347 e. The molecule has 1 saturated heterocycles. The van der Waals surface area contributed by atoms with Crippen LogP contribution in [0.15, 0.2) is 42.9 Å². The molecule has 4 rings (SSSR count). The lowest BCUT2D eigenvalue weighted by atomic mass is 10.2. The lowest BCUT2D eigenvalue weighted by molar-refractivity contribution is -0.117. The van der Waals surface area contributed by atoms with Crippen molar-refractivity contribution in [3.8, 4) is 5.82 Å². The van der Waals surface area contributed by atoms with Crippen LogP contribution in [0.4, 0.5) is 5.69 Å². The van der Waals surface area contributed by atoms with Crippen LogP contribution in [-0.2, 0) is 4.79 Å². The maximum Gasteiger partial charge on any atom is 0.257 e. The number of carbonyl (C=O) groups excluding carboxylic acids is 2. The summed E-state index contributed by atoms with van der Waals surface area (Å²) in [5, 5.41) is 20.2. The highest BCUT2D eigenvalue weighted by molar-refractivity contribution is 6.00. The van der Waals surface area contributed by atoms with E-state index in [0.29, 0.717) is 17.9 Å². The lowest BCUT2D eigenvalue weighted by Crippen LogP contribution is -2.37. The number of amides is 2. The van der Waals surface area contributed by atoms with Gasteiger partial charge >= 0.3 is 0 Å². The fourth-order valence-electron chi connectivity index (χ4n) is 2.81. The number of benzene rings is 1. The molecule has 3 aromatic rings. The van der Waals surface area contributed by atoms with Gasteiger partial charge in [-0.2, -0.15) is 9.78 Å². The van der Waals surface area contributed by atoms with E-state index in [0.717, 1.165) is 5.69 Å². The molecule has 2 amide bonds. The summed E-state index contributed by atoms with van der Waals surface area (Å²) in [6, 6.07) is 9.10. The van der Waals surface area contributed by atoms with Crippen molar-refractivity contribution < 1.29 is 9.59 Å². The van der Waals surface area contributed by atoms with E-state index in [1.165, 1.54) is 17.2 Å². The predicted octanol–water partition coefficient (Wildman–Crippen LogP) is -0.0793. The normalized spacial score (nSPS) is 17.0.